The Bertz CT molecular complexity index is 458. The van der Waals surface area contributed by atoms with E-state index in [2.05, 4.69) is 25.1 Å². The second-order valence-corrected chi connectivity index (χ2v) is 3.86. The minimum atomic E-state index is 0.128. The van der Waals surface area contributed by atoms with Crippen LogP contribution in [0.5, 0.6) is 0 Å². The lowest BCUT2D eigenvalue weighted by molar-refractivity contribution is 0.0925. The molecule has 6 nitrogen and oxygen atoms in total. The maximum Gasteiger partial charge on any atom is 0.147 e. The normalized spacial score (nSPS) is 20.5. The van der Waals surface area contributed by atoms with Gasteiger partial charge in [0.1, 0.15) is 5.82 Å². The van der Waals surface area contributed by atoms with Crippen LogP contribution in [0, 0.1) is 0 Å². The molecule has 3 heterocycles. The molecule has 0 aliphatic carbocycles. The number of aromatic amines is 1. The van der Waals surface area contributed by atoms with E-state index in [1.165, 1.54) is 0 Å². The van der Waals surface area contributed by atoms with Crippen molar-refractivity contribution in [2.45, 2.75) is 6.04 Å². The van der Waals surface area contributed by atoms with Crippen molar-refractivity contribution in [1.82, 2.24) is 20.2 Å². The van der Waals surface area contributed by atoms with Gasteiger partial charge in [0.05, 0.1) is 31.1 Å². The van der Waals surface area contributed by atoms with Gasteiger partial charge in [-0.05, 0) is 6.07 Å². The molecule has 0 amide bonds. The lowest BCUT2D eigenvalue weighted by Crippen LogP contribution is -2.40. The maximum atomic E-state index is 5.52. The molecule has 1 fully saturated rings. The summed E-state index contributed by atoms with van der Waals surface area (Å²) in [6.45, 7) is 2.16. The lowest BCUT2D eigenvalue weighted by Gasteiger charge is -2.35. The number of ether oxygens (including phenoxy) is 1. The van der Waals surface area contributed by atoms with Crippen molar-refractivity contribution in [3.63, 3.8) is 0 Å². The fourth-order valence-electron chi connectivity index (χ4n) is 2.03. The highest BCUT2D eigenvalue weighted by Gasteiger charge is 2.26. The predicted molar refractivity (Wildman–Crippen MR) is 61.5 cm³/mol. The van der Waals surface area contributed by atoms with E-state index < -0.39 is 0 Å². The Balaban J connectivity index is 1.91. The van der Waals surface area contributed by atoms with E-state index in [0.717, 1.165) is 18.1 Å². The lowest BCUT2D eigenvalue weighted by atomic mass is 10.1. The summed E-state index contributed by atoms with van der Waals surface area (Å²) in [4.78, 5) is 10.6. The molecule has 1 saturated heterocycles. The zero-order valence-electron chi connectivity index (χ0n) is 9.28. The summed E-state index contributed by atoms with van der Waals surface area (Å²) in [5, 5.41) is 6.97. The monoisotopic (exact) mass is 231 g/mol. The smallest absolute Gasteiger partial charge is 0.147 e. The highest BCUT2D eigenvalue weighted by Crippen LogP contribution is 2.26. The Morgan fingerprint density at radius 2 is 2.35 bits per heavy atom. The van der Waals surface area contributed by atoms with Crippen LogP contribution < -0.4 is 4.90 Å². The van der Waals surface area contributed by atoms with Crippen LogP contribution in [0.4, 0.5) is 5.82 Å². The molecule has 1 aliphatic rings. The van der Waals surface area contributed by atoms with Gasteiger partial charge in [-0.15, -0.1) is 0 Å². The largest absolute Gasteiger partial charge is 0.377 e. The van der Waals surface area contributed by atoms with Gasteiger partial charge >= 0.3 is 0 Å². The third-order valence-electron chi connectivity index (χ3n) is 2.85. The minimum absolute atomic E-state index is 0.128. The van der Waals surface area contributed by atoms with Crippen LogP contribution in [-0.2, 0) is 4.74 Å². The van der Waals surface area contributed by atoms with Gasteiger partial charge in [0, 0.05) is 25.1 Å². The van der Waals surface area contributed by atoms with Gasteiger partial charge in [-0.1, -0.05) is 0 Å². The molecular formula is C11H13N5O. The summed E-state index contributed by atoms with van der Waals surface area (Å²) in [6.07, 6.45) is 6.90. The summed E-state index contributed by atoms with van der Waals surface area (Å²) >= 11 is 0. The van der Waals surface area contributed by atoms with Crippen LogP contribution in [-0.4, -0.2) is 39.9 Å². The molecule has 17 heavy (non-hydrogen) atoms. The first kappa shape index (κ1) is 10.2. The molecule has 0 unspecified atom stereocenters. The molecule has 0 spiro atoms. The zero-order chi connectivity index (χ0) is 11.5. The molecule has 2 aromatic rings. The van der Waals surface area contributed by atoms with Crippen molar-refractivity contribution in [1.29, 1.82) is 0 Å². The summed E-state index contributed by atoms with van der Waals surface area (Å²) in [7, 11) is 0. The molecule has 1 atom stereocenters. The third kappa shape index (κ3) is 1.99. The van der Waals surface area contributed by atoms with Gasteiger partial charge in [0.25, 0.3) is 0 Å². The third-order valence-corrected chi connectivity index (χ3v) is 2.85. The number of hydrogen-bond donors (Lipinski definition) is 1. The standard InChI is InChI=1S/C11H13N5O/c1-2-14-15-9(1)10-8-17-6-5-16(10)11-7-12-3-4-13-11/h1-4,7,10H,5-6,8H2,(H,14,15)/t10-/m0/s1. The predicted octanol–water partition coefficient (Wildman–Crippen LogP) is 0.778. The van der Waals surface area contributed by atoms with Crippen LogP contribution in [0.25, 0.3) is 0 Å². The maximum absolute atomic E-state index is 5.52. The Hall–Kier alpha value is -1.95. The van der Waals surface area contributed by atoms with Gasteiger partial charge < -0.3 is 9.64 Å². The van der Waals surface area contributed by atoms with Gasteiger partial charge in [0.2, 0.25) is 0 Å². The Morgan fingerprint density at radius 3 is 3.12 bits per heavy atom. The van der Waals surface area contributed by atoms with Gasteiger partial charge in [-0.3, -0.25) is 10.1 Å². The van der Waals surface area contributed by atoms with Crippen molar-refractivity contribution >= 4 is 5.82 Å². The number of morpholine rings is 1. The Kier molecular flexibility index (Phi) is 2.71. The molecule has 0 radical (unpaired) electrons. The number of rotatable bonds is 2. The minimum Gasteiger partial charge on any atom is -0.377 e. The van der Waals surface area contributed by atoms with Gasteiger partial charge in [0.15, 0.2) is 0 Å². The SMILES string of the molecule is c1cnc(N2CCOC[C@H]2c2ccn[nH]2)cn1. The van der Waals surface area contributed by atoms with Crippen LogP contribution in [0.3, 0.4) is 0 Å². The number of hydrogen-bond acceptors (Lipinski definition) is 5. The molecule has 6 heteroatoms. The summed E-state index contributed by atoms with van der Waals surface area (Å²) in [5.41, 5.74) is 1.04. The quantitative estimate of drug-likeness (QED) is 0.827. The van der Waals surface area contributed by atoms with E-state index in [9.17, 15) is 0 Å². The molecule has 88 valence electrons. The molecule has 2 aromatic heterocycles. The van der Waals surface area contributed by atoms with E-state index in [1.807, 2.05) is 6.07 Å². The summed E-state index contributed by atoms with van der Waals surface area (Å²) < 4.78 is 5.52. The Labute approximate surface area is 98.7 Å². The molecular weight excluding hydrogens is 218 g/mol. The number of aromatic nitrogens is 4. The van der Waals surface area contributed by atoms with Gasteiger partial charge in [-0.2, -0.15) is 5.10 Å². The van der Waals surface area contributed by atoms with Crippen LogP contribution in [0.2, 0.25) is 0 Å². The first-order valence-corrected chi connectivity index (χ1v) is 5.55. The fourth-order valence-corrected chi connectivity index (χ4v) is 2.03. The van der Waals surface area contributed by atoms with E-state index >= 15 is 0 Å². The van der Waals surface area contributed by atoms with Crippen molar-refractivity contribution in [3.05, 3.63) is 36.5 Å². The first-order valence-electron chi connectivity index (χ1n) is 5.55. The molecule has 0 aromatic carbocycles. The average molecular weight is 231 g/mol. The number of H-pyrrole nitrogens is 1. The molecule has 1 aliphatic heterocycles. The second kappa shape index (κ2) is 4.50. The number of nitrogens with zero attached hydrogens (tertiary/aromatic N) is 4. The fraction of sp³-hybridized carbons (Fsp3) is 0.364. The van der Waals surface area contributed by atoms with Crippen LogP contribution in [0.1, 0.15) is 11.7 Å². The molecule has 0 saturated carbocycles. The highest BCUT2D eigenvalue weighted by molar-refractivity contribution is 5.39. The van der Waals surface area contributed by atoms with E-state index in [4.69, 9.17) is 4.74 Å². The highest BCUT2D eigenvalue weighted by atomic mass is 16.5. The van der Waals surface area contributed by atoms with Crippen molar-refractivity contribution in [3.8, 4) is 0 Å². The van der Waals surface area contributed by atoms with Crippen molar-refractivity contribution in [2.24, 2.45) is 0 Å². The van der Waals surface area contributed by atoms with E-state index in [1.54, 1.807) is 24.8 Å². The van der Waals surface area contributed by atoms with Crippen LogP contribution >= 0.6 is 0 Å². The number of anilines is 1. The average Bonchev–Trinajstić information content (AvgIpc) is 2.94. The molecule has 1 N–H and O–H groups in total. The molecule has 0 bridgehead atoms. The zero-order valence-corrected chi connectivity index (χ0v) is 9.28. The number of nitrogens with one attached hydrogen (secondary N) is 1. The second-order valence-electron chi connectivity index (χ2n) is 3.86. The van der Waals surface area contributed by atoms with E-state index in [-0.39, 0.29) is 6.04 Å². The van der Waals surface area contributed by atoms with Gasteiger partial charge in [-0.25, -0.2) is 4.98 Å². The Morgan fingerprint density at radius 1 is 1.35 bits per heavy atom. The van der Waals surface area contributed by atoms with Crippen molar-refractivity contribution in [2.75, 3.05) is 24.7 Å². The van der Waals surface area contributed by atoms with E-state index in [0.29, 0.717) is 13.2 Å². The summed E-state index contributed by atoms with van der Waals surface area (Å²) in [6, 6.07) is 2.09. The first-order chi connectivity index (χ1) is 8.45. The van der Waals surface area contributed by atoms with Crippen molar-refractivity contribution < 1.29 is 4.74 Å². The topological polar surface area (TPSA) is 66.9 Å². The summed E-state index contributed by atoms with van der Waals surface area (Å²) in [5.74, 6) is 0.871. The molecule has 3 rings (SSSR count). The van der Waals surface area contributed by atoms with Crippen LogP contribution in [0.15, 0.2) is 30.9 Å².